The van der Waals surface area contributed by atoms with Gasteiger partial charge >= 0.3 is 0 Å². The lowest BCUT2D eigenvalue weighted by atomic mass is 9.95. The summed E-state index contributed by atoms with van der Waals surface area (Å²) in [6.07, 6.45) is 2.67. The Kier molecular flexibility index (Phi) is 4.10. The fourth-order valence-electron chi connectivity index (χ4n) is 4.08. The summed E-state index contributed by atoms with van der Waals surface area (Å²) in [6, 6.07) is 8.89. The molecule has 0 spiro atoms. The summed E-state index contributed by atoms with van der Waals surface area (Å²) >= 11 is 1.17. The lowest BCUT2D eigenvalue weighted by Crippen LogP contribution is -2.15. The second kappa shape index (κ2) is 6.56. The number of pyridine rings is 1. The quantitative estimate of drug-likeness (QED) is 0.534. The van der Waals surface area contributed by atoms with Crippen molar-refractivity contribution >= 4 is 32.7 Å². The van der Waals surface area contributed by atoms with E-state index in [-0.39, 0.29) is 16.8 Å². The first-order valence-corrected chi connectivity index (χ1v) is 10.4. The highest BCUT2D eigenvalue weighted by Gasteiger charge is 2.29. The molecule has 0 bridgehead atoms. The number of H-pyrrole nitrogens is 1. The molecule has 0 saturated heterocycles. The zero-order valence-corrected chi connectivity index (χ0v) is 16.9. The van der Waals surface area contributed by atoms with E-state index in [1.165, 1.54) is 17.6 Å². The number of aromatic nitrogens is 2. The van der Waals surface area contributed by atoms with Gasteiger partial charge in [-0.25, -0.2) is 4.39 Å². The molecular formula is C22H19FN2O3S. The van der Waals surface area contributed by atoms with Crippen LogP contribution in [0.25, 0.3) is 32.2 Å². The third-order valence-electron chi connectivity index (χ3n) is 5.61. The van der Waals surface area contributed by atoms with Gasteiger partial charge in [0.15, 0.2) is 0 Å². The van der Waals surface area contributed by atoms with Crippen molar-refractivity contribution in [2.24, 2.45) is 0 Å². The molecule has 1 fully saturated rings. The number of benzene rings is 2. The fraction of sp³-hybridized carbons (Fsp3) is 0.273. The molecule has 2 aromatic heterocycles. The number of hydrogen-bond donors (Lipinski definition) is 1. The molecule has 29 heavy (non-hydrogen) atoms. The average Bonchev–Trinajstić information content (AvgIpc) is 3.49. The van der Waals surface area contributed by atoms with Crippen LogP contribution in [0.2, 0.25) is 0 Å². The van der Waals surface area contributed by atoms with Crippen LogP contribution in [0.4, 0.5) is 4.39 Å². The van der Waals surface area contributed by atoms with Gasteiger partial charge < -0.3 is 9.30 Å². The van der Waals surface area contributed by atoms with E-state index in [1.807, 2.05) is 29.7 Å². The molecule has 1 N–H and O–H groups in total. The molecule has 0 atom stereocenters. The van der Waals surface area contributed by atoms with Gasteiger partial charge in [0.05, 0.1) is 12.6 Å². The summed E-state index contributed by atoms with van der Waals surface area (Å²) in [5, 5.41) is 0.357. The van der Waals surface area contributed by atoms with Crippen molar-refractivity contribution in [3.63, 3.8) is 0 Å². The van der Waals surface area contributed by atoms with Crippen LogP contribution < -0.4 is 15.7 Å². The van der Waals surface area contributed by atoms with Crippen LogP contribution in [0.1, 0.15) is 31.4 Å². The molecule has 5 nitrogen and oxygen atoms in total. The number of methoxy groups -OCH3 is 1. The maximum atomic E-state index is 15.3. The average molecular weight is 410 g/mol. The molecule has 4 aromatic rings. The lowest BCUT2D eigenvalue weighted by Gasteiger charge is -2.17. The normalized spacial score (nSPS) is 14.0. The predicted octanol–water partition coefficient (Wildman–Crippen LogP) is 4.62. The highest BCUT2D eigenvalue weighted by Crippen LogP contribution is 2.42. The number of nitrogens with one attached hydrogen (secondary N) is 1. The summed E-state index contributed by atoms with van der Waals surface area (Å²) in [7, 11) is 1.57. The van der Waals surface area contributed by atoms with Crippen LogP contribution >= 0.6 is 11.5 Å². The van der Waals surface area contributed by atoms with Crippen LogP contribution in [0, 0.1) is 5.82 Å². The summed E-state index contributed by atoms with van der Waals surface area (Å²) in [4.78, 5) is 25.8. The van der Waals surface area contributed by atoms with Gasteiger partial charge in [0, 0.05) is 22.6 Å². The lowest BCUT2D eigenvalue weighted by molar-refractivity contribution is 0.415. The van der Waals surface area contributed by atoms with E-state index in [0.29, 0.717) is 27.2 Å². The van der Waals surface area contributed by atoms with Gasteiger partial charge in [-0.3, -0.25) is 14.0 Å². The first-order valence-electron chi connectivity index (χ1n) is 9.60. The minimum absolute atomic E-state index is 0.119. The Labute approximate surface area is 169 Å². The smallest absolute Gasteiger partial charge is 0.271 e. The van der Waals surface area contributed by atoms with E-state index >= 15 is 4.39 Å². The molecule has 0 radical (unpaired) electrons. The van der Waals surface area contributed by atoms with Gasteiger partial charge in [-0.15, -0.1) is 0 Å². The first-order chi connectivity index (χ1) is 14.0. The molecule has 0 amide bonds. The van der Waals surface area contributed by atoms with Gasteiger partial charge in [-0.05, 0) is 54.6 Å². The fourth-order valence-corrected chi connectivity index (χ4v) is 5.01. The number of nitrogens with zero attached hydrogens (tertiary/aromatic N) is 1. The molecule has 2 aromatic carbocycles. The summed E-state index contributed by atoms with van der Waals surface area (Å²) in [5.41, 5.74) is 1.90. The van der Waals surface area contributed by atoms with Gasteiger partial charge in [-0.1, -0.05) is 19.1 Å². The summed E-state index contributed by atoms with van der Waals surface area (Å²) in [5.74, 6) is 0.0949. The number of aromatic amines is 1. The second-order valence-corrected chi connectivity index (χ2v) is 8.14. The van der Waals surface area contributed by atoms with Gasteiger partial charge in [0.2, 0.25) is 5.43 Å². The minimum atomic E-state index is -0.498. The molecule has 1 aliphatic rings. The minimum Gasteiger partial charge on any atom is -0.496 e. The number of aryl methyl sites for hydroxylation is 1. The van der Waals surface area contributed by atoms with E-state index in [9.17, 15) is 9.59 Å². The molecule has 0 unspecified atom stereocenters. The van der Waals surface area contributed by atoms with Crippen molar-refractivity contribution in [2.45, 2.75) is 32.2 Å². The molecule has 2 heterocycles. The third kappa shape index (κ3) is 2.64. The van der Waals surface area contributed by atoms with Crippen LogP contribution in [0.5, 0.6) is 5.75 Å². The Morgan fingerprint density at radius 3 is 2.76 bits per heavy atom. The van der Waals surface area contributed by atoms with Crippen LogP contribution in [0.15, 0.2) is 39.9 Å². The highest BCUT2D eigenvalue weighted by atomic mass is 32.1. The topological polar surface area (TPSA) is 64.1 Å². The highest BCUT2D eigenvalue weighted by molar-refractivity contribution is 7.12. The van der Waals surface area contributed by atoms with Gasteiger partial charge in [-0.2, -0.15) is 0 Å². The molecule has 148 valence electrons. The molecule has 1 saturated carbocycles. The maximum Gasteiger partial charge on any atom is 0.271 e. The van der Waals surface area contributed by atoms with Crippen molar-refractivity contribution in [1.82, 2.24) is 8.94 Å². The van der Waals surface area contributed by atoms with Crippen molar-refractivity contribution in [1.29, 1.82) is 0 Å². The summed E-state index contributed by atoms with van der Waals surface area (Å²) < 4.78 is 25.5. The second-order valence-electron chi connectivity index (χ2n) is 7.34. The molecule has 1 aliphatic carbocycles. The number of ether oxygens (including phenoxy) is 1. The van der Waals surface area contributed by atoms with E-state index in [4.69, 9.17) is 4.74 Å². The van der Waals surface area contributed by atoms with E-state index in [1.54, 1.807) is 13.2 Å². The van der Waals surface area contributed by atoms with Crippen LogP contribution in [-0.4, -0.2) is 16.1 Å². The Hall–Kier alpha value is -2.93. The van der Waals surface area contributed by atoms with Crippen molar-refractivity contribution < 1.29 is 9.13 Å². The molecule has 0 aliphatic heterocycles. The molecule has 7 heteroatoms. The number of fused-ring (bicyclic) bond motifs is 2. The largest absolute Gasteiger partial charge is 0.496 e. The van der Waals surface area contributed by atoms with E-state index < -0.39 is 16.8 Å². The Morgan fingerprint density at radius 1 is 1.28 bits per heavy atom. The number of hydrogen-bond acceptors (Lipinski definition) is 4. The van der Waals surface area contributed by atoms with Gasteiger partial charge in [0.25, 0.3) is 5.56 Å². The van der Waals surface area contributed by atoms with Crippen molar-refractivity contribution in [2.75, 3.05) is 7.11 Å². The Bertz CT molecular complexity index is 1370. The van der Waals surface area contributed by atoms with Crippen LogP contribution in [0.3, 0.4) is 0 Å². The number of halogens is 1. The SMILES string of the molecule is CCc1cccc(OC)c1-c1cc2c(cc1F)c(=O)c1c(=O)[nH]sc1n2C1CC1. The van der Waals surface area contributed by atoms with Crippen molar-refractivity contribution in [3.8, 4) is 16.9 Å². The Balaban J connectivity index is 1.94. The standard InChI is InChI=1S/C22H19FN2O3S/c1-3-11-5-4-6-17(28-2)18(11)13-10-16-14(9-15(13)23)20(26)19-21(27)24-29-22(19)25(16)12-7-8-12/h4-6,9-10,12H,3,7-8H2,1-2H3,(H,24,27). The zero-order chi connectivity index (χ0) is 20.3. The van der Waals surface area contributed by atoms with E-state index in [2.05, 4.69) is 4.37 Å². The van der Waals surface area contributed by atoms with E-state index in [0.717, 1.165) is 24.8 Å². The van der Waals surface area contributed by atoms with Crippen LogP contribution in [-0.2, 0) is 6.42 Å². The Morgan fingerprint density at radius 2 is 2.07 bits per heavy atom. The first kappa shape index (κ1) is 18.1. The summed E-state index contributed by atoms with van der Waals surface area (Å²) in [6.45, 7) is 2.01. The predicted molar refractivity (Wildman–Crippen MR) is 114 cm³/mol. The van der Waals surface area contributed by atoms with Crippen molar-refractivity contribution in [3.05, 3.63) is 62.3 Å². The molecular weight excluding hydrogens is 391 g/mol. The third-order valence-corrected chi connectivity index (χ3v) is 6.49. The maximum absolute atomic E-state index is 15.3. The zero-order valence-electron chi connectivity index (χ0n) is 16.0. The monoisotopic (exact) mass is 410 g/mol. The van der Waals surface area contributed by atoms with Gasteiger partial charge in [0.1, 0.15) is 21.8 Å². The molecule has 5 rings (SSSR count). The number of rotatable bonds is 4.